The molecule has 1 heterocycles. The average Bonchev–Trinajstić information content (AvgIpc) is 3.36. The third-order valence-electron chi connectivity index (χ3n) is 5.67. The molecule has 2 aromatic carbocycles. The number of hydrogen-bond donors (Lipinski definition) is 4. The number of furan rings is 1. The zero-order chi connectivity index (χ0) is 27.8. The number of benzene rings is 2. The summed E-state index contributed by atoms with van der Waals surface area (Å²) < 4.78 is 62.5. The van der Waals surface area contributed by atoms with Crippen molar-refractivity contribution in [3.05, 3.63) is 71.5 Å². The molecule has 0 saturated carbocycles. The molecule has 0 aliphatic heterocycles. The minimum atomic E-state index is -4.49. The normalized spacial score (nSPS) is 12.2. The van der Waals surface area contributed by atoms with Gasteiger partial charge < -0.3 is 29.6 Å². The fourth-order valence-electron chi connectivity index (χ4n) is 3.96. The highest BCUT2D eigenvalue weighted by molar-refractivity contribution is 7.51. The highest BCUT2D eigenvalue weighted by Gasteiger charge is 2.34. The number of rotatable bonds is 14. The van der Waals surface area contributed by atoms with Gasteiger partial charge in [0.05, 0.1) is 24.1 Å². The summed E-state index contributed by atoms with van der Waals surface area (Å²) in [4.78, 5) is 17.9. The molecule has 0 fully saturated rings. The predicted octanol–water partition coefficient (Wildman–Crippen LogP) is 6.45. The molecule has 0 amide bonds. The summed E-state index contributed by atoms with van der Waals surface area (Å²) >= 11 is 0. The standard InChI is InChI=1S/C27H34F3N2O5P/c1-19(2)37-26-11-9-20(17-23(26)27(28,29)30)6-3-13-32-24-10-8-21(16-22(24)25-7-4-14-36-25)18-31-12-5-15-38(33,34)35/h4,7-11,14,16-17,19,31-32H,3,5-6,12-13,15,18H2,1-2H3,(H2,33,34,35). The molecule has 1 aromatic heterocycles. The Labute approximate surface area is 220 Å². The third-order valence-corrected chi connectivity index (χ3v) is 6.57. The van der Waals surface area contributed by atoms with E-state index in [0.717, 1.165) is 22.9 Å². The maximum absolute atomic E-state index is 13.5. The molecule has 11 heteroatoms. The Hall–Kier alpha value is -2.78. The van der Waals surface area contributed by atoms with Gasteiger partial charge in [0.15, 0.2) is 0 Å². The summed E-state index contributed by atoms with van der Waals surface area (Å²) in [7, 11) is -3.99. The summed E-state index contributed by atoms with van der Waals surface area (Å²) in [6.45, 7) is 4.92. The van der Waals surface area contributed by atoms with Gasteiger partial charge in [0, 0.05) is 24.3 Å². The molecule has 3 rings (SSSR count). The minimum Gasteiger partial charge on any atom is -0.490 e. The van der Waals surface area contributed by atoms with Crippen LogP contribution in [0.5, 0.6) is 5.75 Å². The van der Waals surface area contributed by atoms with Crippen molar-refractivity contribution in [3.63, 3.8) is 0 Å². The largest absolute Gasteiger partial charge is 0.490 e. The number of aryl methyl sites for hydroxylation is 1. The van der Waals surface area contributed by atoms with Crippen LogP contribution in [-0.4, -0.2) is 35.1 Å². The highest BCUT2D eigenvalue weighted by Crippen LogP contribution is 2.38. The Balaban J connectivity index is 1.60. The molecule has 0 saturated heterocycles. The maximum atomic E-state index is 13.5. The third kappa shape index (κ3) is 9.51. The number of halogens is 3. The van der Waals surface area contributed by atoms with Gasteiger partial charge in [-0.25, -0.2) is 0 Å². The molecule has 0 atom stereocenters. The van der Waals surface area contributed by atoms with Crippen LogP contribution in [0.1, 0.15) is 43.4 Å². The van der Waals surface area contributed by atoms with Crippen LogP contribution >= 0.6 is 7.60 Å². The number of hydrogen-bond acceptors (Lipinski definition) is 5. The molecule has 7 nitrogen and oxygen atoms in total. The van der Waals surface area contributed by atoms with Crippen LogP contribution in [0.15, 0.2) is 59.2 Å². The topological polar surface area (TPSA) is 104 Å². The first-order valence-electron chi connectivity index (χ1n) is 12.4. The van der Waals surface area contributed by atoms with E-state index in [4.69, 9.17) is 18.9 Å². The zero-order valence-corrected chi connectivity index (χ0v) is 22.3. The second kappa shape index (κ2) is 13.3. The van der Waals surface area contributed by atoms with Crippen LogP contribution in [-0.2, 0) is 23.7 Å². The van der Waals surface area contributed by atoms with Crippen molar-refractivity contribution in [2.75, 3.05) is 24.6 Å². The van der Waals surface area contributed by atoms with Gasteiger partial charge in [-0.2, -0.15) is 13.2 Å². The first kappa shape index (κ1) is 29.8. The summed E-state index contributed by atoms with van der Waals surface area (Å²) in [5, 5.41) is 6.54. The van der Waals surface area contributed by atoms with Crippen molar-refractivity contribution in [2.24, 2.45) is 0 Å². The number of ether oxygens (including phenoxy) is 1. The Morgan fingerprint density at radius 1 is 1.03 bits per heavy atom. The monoisotopic (exact) mass is 554 g/mol. The van der Waals surface area contributed by atoms with Crippen LogP contribution in [0.3, 0.4) is 0 Å². The van der Waals surface area contributed by atoms with Gasteiger partial charge >= 0.3 is 13.8 Å². The molecule has 0 aliphatic rings. The molecule has 0 bridgehead atoms. The van der Waals surface area contributed by atoms with Crippen LogP contribution < -0.4 is 15.4 Å². The minimum absolute atomic E-state index is 0.158. The number of nitrogens with one attached hydrogen (secondary N) is 2. The highest BCUT2D eigenvalue weighted by atomic mass is 31.2. The van der Waals surface area contributed by atoms with Crippen molar-refractivity contribution >= 4 is 13.3 Å². The van der Waals surface area contributed by atoms with E-state index in [-0.39, 0.29) is 18.0 Å². The summed E-state index contributed by atoms with van der Waals surface area (Å²) in [6.07, 6.45) is -1.98. The first-order valence-corrected chi connectivity index (χ1v) is 14.2. The van der Waals surface area contributed by atoms with Crippen molar-refractivity contribution in [1.82, 2.24) is 5.32 Å². The molecule has 0 radical (unpaired) electrons. The van der Waals surface area contributed by atoms with Crippen molar-refractivity contribution in [3.8, 4) is 17.1 Å². The van der Waals surface area contributed by atoms with Crippen LogP contribution in [0.25, 0.3) is 11.3 Å². The second-order valence-corrected chi connectivity index (χ2v) is 11.1. The van der Waals surface area contributed by atoms with E-state index in [1.165, 1.54) is 6.07 Å². The van der Waals surface area contributed by atoms with Crippen LogP contribution in [0, 0.1) is 0 Å². The van der Waals surface area contributed by atoms with E-state index in [1.54, 1.807) is 32.2 Å². The lowest BCUT2D eigenvalue weighted by molar-refractivity contribution is -0.139. The summed E-state index contributed by atoms with van der Waals surface area (Å²) in [5.41, 5.74) is 2.48. The molecular formula is C27H34F3N2O5P. The predicted molar refractivity (Wildman–Crippen MR) is 141 cm³/mol. The van der Waals surface area contributed by atoms with E-state index in [9.17, 15) is 17.7 Å². The maximum Gasteiger partial charge on any atom is 0.419 e. The van der Waals surface area contributed by atoms with Crippen molar-refractivity contribution < 1.29 is 36.7 Å². The SMILES string of the molecule is CC(C)Oc1ccc(CCCNc2ccc(CNCCCP(=O)(O)O)cc2-c2ccco2)cc1C(F)(F)F. The zero-order valence-electron chi connectivity index (χ0n) is 21.4. The van der Waals surface area contributed by atoms with E-state index in [1.807, 2.05) is 24.3 Å². The smallest absolute Gasteiger partial charge is 0.419 e. The van der Waals surface area contributed by atoms with E-state index >= 15 is 0 Å². The van der Waals surface area contributed by atoms with Crippen molar-refractivity contribution in [1.29, 1.82) is 0 Å². The lowest BCUT2D eigenvalue weighted by atomic mass is 10.0. The Bertz CT molecular complexity index is 1210. The quantitative estimate of drug-likeness (QED) is 0.134. The van der Waals surface area contributed by atoms with E-state index in [0.29, 0.717) is 50.2 Å². The molecule has 0 unspecified atom stereocenters. The van der Waals surface area contributed by atoms with Gasteiger partial charge in [-0.1, -0.05) is 12.1 Å². The van der Waals surface area contributed by atoms with Gasteiger partial charge in [0.25, 0.3) is 0 Å². The van der Waals surface area contributed by atoms with Gasteiger partial charge in [-0.3, -0.25) is 4.57 Å². The first-order chi connectivity index (χ1) is 17.9. The molecule has 0 aliphatic carbocycles. The van der Waals surface area contributed by atoms with Crippen molar-refractivity contribution in [2.45, 2.75) is 51.9 Å². The number of anilines is 1. The van der Waals surface area contributed by atoms with Gasteiger partial charge in [0.1, 0.15) is 11.5 Å². The van der Waals surface area contributed by atoms with Crippen LogP contribution in [0.2, 0.25) is 0 Å². The fraction of sp³-hybridized carbons (Fsp3) is 0.407. The lowest BCUT2D eigenvalue weighted by Crippen LogP contribution is -2.16. The van der Waals surface area contributed by atoms with Gasteiger partial charge in [-0.15, -0.1) is 0 Å². The molecule has 208 valence electrons. The number of alkyl halides is 3. The molecule has 4 N–H and O–H groups in total. The molecule has 38 heavy (non-hydrogen) atoms. The molecule has 3 aromatic rings. The lowest BCUT2D eigenvalue weighted by Gasteiger charge is -2.17. The van der Waals surface area contributed by atoms with Gasteiger partial charge in [-0.05, 0) is 87.2 Å². The molecular weight excluding hydrogens is 520 g/mol. The molecule has 0 spiro atoms. The second-order valence-electron chi connectivity index (χ2n) is 9.30. The Kier molecular flexibility index (Phi) is 10.4. The average molecular weight is 555 g/mol. The van der Waals surface area contributed by atoms with E-state index < -0.39 is 19.3 Å². The fourth-order valence-corrected chi connectivity index (χ4v) is 4.53. The van der Waals surface area contributed by atoms with E-state index in [2.05, 4.69) is 10.6 Å². The Morgan fingerprint density at radius 3 is 2.45 bits per heavy atom. The summed E-state index contributed by atoms with van der Waals surface area (Å²) in [5.74, 6) is 0.514. The van der Waals surface area contributed by atoms with Gasteiger partial charge in [0.2, 0.25) is 0 Å². The Morgan fingerprint density at radius 2 is 1.79 bits per heavy atom. The van der Waals surface area contributed by atoms with Crippen LogP contribution in [0.4, 0.5) is 18.9 Å². The summed E-state index contributed by atoms with van der Waals surface area (Å²) in [6, 6.07) is 13.7.